The van der Waals surface area contributed by atoms with Crippen molar-refractivity contribution in [2.24, 2.45) is 5.92 Å². The summed E-state index contributed by atoms with van der Waals surface area (Å²) in [7, 11) is 0. The Kier molecular flexibility index (Phi) is 7.63. The maximum Gasteiger partial charge on any atom is 0.263 e. The number of halogens is 1. The molecule has 1 aliphatic heterocycles. The third kappa shape index (κ3) is 4.99. The average Bonchev–Trinajstić information content (AvgIpc) is 2.65. The van der Waals surface area contributed by atoms with Gasteiger partial charge in [0, 0.05) is 18.4 Å². The van der Waals surface area contributed by atoms with Crippen molar-refractivity contribution in [2.75, 3.05) is 18.4 Å². The van der Waals surface area contributed by atoms with E-state index in [4.69, 9.17) is 0 Å². The second-order valence-corrected chi connectivity index (χ2v) is 7.01. The van der Waals surface area contributed by atoms with E-state index >= 15 is 0 Å². The van der Waals surface area contributed by atoms with Crippen LogP contribution in [-0.2, 0) is 13.0 Å². The zero-order valence-corrected chi connectivity index (χ0v) is 16.8. The van der Waals surface area contributed by atoms with Gasteiger partial charge in [-0.25, -0.2) is 0 Å². The van der Waals surface area contributed by atoms with Crippen molar-refractivity contribution >= 4 is 24.0 Å². The van der Waals surface area contributed by atoms with E-state index < -0.39 is 0 Å². The molecule has 0 bridgehead atoms. The maximum atomic E-state index is 12.9. The summed E-state index contributed by atoms with van der Waals surface area (Å²) in [4.78, 5) is 25.8. The van der Waals surface area contributed by atoms with Crippen LogP contribution in [0.25, 0.3) is 0 Å². The van der Waals surface area contributed by atoms with Crippen LogP contribution in [0.3, 0.4) is 0 Å². The molecule has 146 valence electrons. The molecule has 0 aliphatic carbocycles. The van der Waals surface area contributed by atoms with E-state index in [1.165, 1.54) is 0 Å². The van der Waals surface area contributed by atoms with E-state index in [1.807, 2.05) is 50.4 Å². The topological polar surface area (TPSA) is 63.1 Å². The van der Waals surface area contributed by atoms with Crippen LogP contribution in [0.2, 0.25) is 0 Å². The smallest absolute Gasteiger partial charge is 0.263 e. The Hall–Kier alpha value is -2.11. The predicted octanol–water partition coefficient (Wildman–Crippen LogP) is 3.39. The van der Waals surface area contributed by atoms with Crippen molar-refractivity contribution in [1.82, 2.24) is 9.88 Å². The van der Waals surface area contributed by atoms with Crippen molar-refractivity contribution in [2.45, 2.75) is 39.7 Å². The number of hydrogen-bond acceptors (Lipinski definition) is 3. The molecular weight excluding hydrogens is 362 g/mol. The van der Waals surface area contributed by atoms with E-state index in [9.17, 15) is 9.59 Å². The molecule has 1 aliphatic rings. The van der Waals surface area contributed by atoms with Gasteiger partial charge in [0.25, 0.3) is 11.5 Å². The van der Waals surface area contributed by atoms with Gasteiger partial charge in [-0.3, -0.25) is 9.59 Å². The molecule has 1 fully saturated rings. The van der Waals surface area contributed by atoms with Crippen LogP contribution in [0.15, 0.2) is 41.3 Å². The van der Waals surface area contributed by atoms with E-state index in [-0.39, 0.29) is 29.4 Å². The van der Waals surface area contributed by atoms with Crippen LogP contribution in [0.1, 0.15) is 41.3 Å². The second-order valence-electron chi connectivity index (χ2n) is 7.01. The monoisotopic (exact) mass is 389 g/mol. The van der Waals surface area contributed by atoms with Gasteiger partial charge in [0.2, 0.25) is 0 Å². The minimum atomic E-state index is -0.329. The van der Waals surface area contributed by atoms with Gasteiger partial charge >= 0.3 is 0 Å². The van der Waals surface area contributed by atoms with E-state index in [0.29, 0.717) is 18.0 Å². The predicted molar refractivity (Wildman–Crippen MR) is 112 cm³/mol. The van der Waals surface area contributed by atoms with Crippen LogP contribution >= 0.6 is 12.4 Å². The van der Waals surface area contributed by atoms with Crippen molar-refractivity contribution in [3.63, 3.8) is 0 Å². The average molecular weight is 390 g/mol. The zero-order chi connectivity index (χ0) is 18.5. The molecule has 2 aromatic rings. The first-order valence-corrected chi connectivity index (χ1v) is 9.40. The molecule has 1 amide bonds. The Morgan fingerprint density at radius 3 is 2.78 bits per heavy atom. The fourth-order valence-corrected chi connectivity index (χ4v) is 3.58. The summed E-state index contributed by atoms with van der Waals surface area (Å²) < 4.78 is 1.69. The second kappa shape index (κ2) is 9.72. The molecule has 27 heavy (non-hydrogen) atoms. The number of carbonyl (C=O) groups excluding carboxylic acids is 1. The van der Waals surface area contributed by atoms with E-state index in [1.54, 1.807) is 4.57 Å². The largest absolute Gasteiger partial charge is 0.322 e. The van der Waals surface area contributed by atoms with Crippen LogP contribution in [0.5, 0.6) is 0 Å². The van der Waals surface area contributed by atoms with Crippen LogP contribution < -0.4 is 16.2 Å². The third-order valence-corrected chi connectivity index (χ3v) is 5.10. The van der Waals surface area contributed by atoms with E-state index in [2.05, 4.69) is 10.6 Å². The van der Waals surface area contributed by atoms with Crippen LogP contribution in [0.4, 0.5) is 5.69 Å². The molecule has 1 atom stereocenters. The summed E-state index contributed by atoms with van der Waals surface area (Å²) in [6.45, 7) is 6.48. The number of nitrogens with zero attached hydrogens (tertiary/aromatic N) is 1. The number of rotatable bonds is 5. The number of hydrogen-bond donors (Lipinski definition) is 2. The Bertz CT molecular complexity index is 842. The van der Waals surface area contributed by atoms with Gasteiger partial charge in [-0.15, -0.1) is 12.4 Å². The molecule has 0 saturated carbocycles. The maximum absolute atomic E-state index is 12.9. The Balaban J connectivity index is 0.00000261. The normalized spacial score (nSPS) is 16.4. The van der Waals surface area contributed by atoms with Gasteiger partial charge in [-0.1, -0.05) is 25.1 Å². The fourth-order valence-electron chi connectivity index (χ4n) is 3.58. The Morgan fingerprint density at radius 1 is 1.30 bits per heavy atom. The van der Waals surface area contributed by atoms with Gasteiger partial charge in [0.05, 0.1) is 0 Å². The molecule has 1 saturated heterocycles. The van der Waals surface area contributed by atoms with Gasteiger partial charge in [-0.2, -0.15) is 0 Å². The number of pyridine rings is 1. The molecule has 6 heteroatoms. The highest BCUT2D eigenvalue weighted by Gasteiger charge is 2.19. The molecule has 0 spiro atoms. The number of anilines is 1. The molecular formula is C21H28ClN3O2. The standard InChI is InChI=1S/C21H27N3O2.ClH/c1-3-17-8-4-5-9-18(17)23-20(25)19-15(2)10-12-24(21(19)26)14-16-7-6-11-22-13-16;/h4-5,8-10,12,16,22H,3,6-7,11,13-14H2,1-2H3,(H,23,25);1H. The van der Waals surface area contributed by atoms with Gasteiger partial charge in [0.1, 0.15) is 5.56 Å². The molecule has 2 N–H and O–H groups in total. The first-order valence-electron chi connectivity index (χ1n) is 9.40. The third-order valence-electron chi connectivity index (χ3n) is 5.10. The minimum Gasteiger partial charge on any atom is -0.322 e. The summed E-state index contributed by atoms with van der Waals surface area (Å²) in [5.41, 5.74) is 2.57. The van der Waals surface area contributed by atoms with Crippen molar-refractivity contribution in [3.8, 4) is 0 Å². The van der Waals surface area contributed by atoms with Crippen molar-refractivity contribution in [1.29, 1.82) is 0 Å². The van der Waals surface area contributed by atoms with Crippen molar-refractivity contribution in [3.05, 3.63) is 63.6 Å². The number of benzene rings is 1. The lowest BCUT2D eigenvalue weighted by Gasteiger charge is -2.23. The Morgan fingerprint density at radius 2 is 2.07 bits per heavy atom. The summed E-state index contributed by atoms with van der Waals surface area (Å²) in [5.74, 6) is 0.102. The first-order chi connectivity index (χ1) is 12.6. The lowest BCUT2D eigenvalue weighted by atomic mass is 9.99. The molecule has 2 heterocycles. The first kappa shape index (κ1) is 21.2. The molecule has 1 aromatic carbocycles. The number of aryl methyl sites for hydroxylation is 2. The minimum absolute atomic E-state index is 0. The van der Waals surface area contributed by atoms with Crippen molar-refractivity contribution < 1.29 is 4.79 Å². The summed E-state index contributed by atoms with van der Waals surface area (Å²) in [5, 5.41) is 6.30. The molecule has 3 rings (SSSR count). The van der Waals surface area contributed by atoms with Gasteiger partial charge < -0.3 is 15.2 Å². The number of carbonyl (C=O) groups is 1. The fraction of sp³-hybridized carbons (Fsp3) is 0.429. The summed E-state index contributed by atoms with van der Waals surface area (Å²) >= 11 is 0. The number of nitrogens with one attached hydrogen (secondary N) is 2. The van der Waals surface area contributed by atoms with Crippen LogP contribution in [0, 0.1) is 12.8 Å². The van der Waals surface area contributed by atoms with Gasteiger partial charge in [0.15, 0.2) is 0 Å². The summed E-state index contributed by atoms with van der Waals surface area (Å²) in [6, 6.07) is 9.57. The molecule has 1 unspecified atom stereocenters. The molecule has 5 nitrogen and oxygen atoms in total. The quantitative estimate of drug-likeness (QED) is 0.823. The van der Waals surface area contributed by atoms with Crippen LogP contribution in [-0.4, -0.2) is 23.6 Å². The highest BCUT2D eigenvalue weighted by Crippen LogP contribution is 2.17. The SMILES string of the molecule is CCc1ccccc1NC(=O)c1c(C)ccn(CC2CCCNC2)c1=O.Cl. The lowest BCUT2D eigenvalue weighted by molar-refractivity contribution is 0.102. The number of amides is 1. The highest BCUT2D eigenvalue weighted by molar-refractivity contribution is 6.05. The van der Waals surface area contributed by atoms with Gasteiger partial charge in [-0.05, 0) is 68.5 Å². The summed E-state index contributed by atoms with van der Waals surface area (Å²) in [6.07, 6.45) is 4.87. The number of para-hydroxylation sites is 1. The number of aromatic nitrogens is 1. The highest BCUT2D eigenvalue weighted by atomic mass is 35.5. The van der Waals surface area contributed by atoms with E-state index in [0.717, 1.165) is 43.6 Å². The zero-order valence-electron chi connectivity index (χ0n) is 16.0. The molecule has 0 radical (unpaired) electrons. The molecule has 1 aromatic heterocycles. The lowest BCUT2D eigenvalue weighted by Crippen LogP contribution is -2.36. The Labute approximate surface area is 166 Å². The number of piperidine rings is 1.